The highest BCUT2D eigenvalue weighted by Gasteiger charge is 2.22. The molecule has 2 N–H and O–H groups in total. The predicted molar refractivity (Wildman–Crippen MR) is 87.4 cm³/mol. The lowest BCUT2D eigenvalue weighted by atomic mass is 9.94. The van der Waals surface area contributed by atoms with Crippen molar-refractivity contribution in [3.63, 3.8) is 0 Å². The molecule has 0 spiro atoms. The fourth-order valence-electron chi connectivity index (χ4n) is 2.61. The van der Waals surface area contributed by atoms with Crippen LogP contribution in [0.2, 0.25) is 0 Å². The van der Waals surface area contributed by atoms with E-state index in [1.54, 1.807) is 12.1 Å². The van der Waals surface area contributed by atoms with Crippen LogP contribution in [0.5, 0.6) is 0 Å². The molecule has 0 saturated heterocycles. The van der Waals surface area contributed by atoms with E-state index >= 15 is 0 Å². The van der Waals surface area contributed by atoms with Gasteiger partial charge in [-0.15, -0.1) is 0 Å². The molecule has 0 radical (unpaired) electrons. The molecule has 2 unspecified atom stereocenters. The van der Waals surface area contributed by atoms with Crippen molar-refractivity contribution in [3.8, 4) is 11.8 Å². The van der Waals surface area contributed by atoms with E-state index in [0.717, 1.165) is 18.4 Å². The van der Waals surface area contributed by atoms with Crippen molar-refractivity contribution in [1.82, 2.24) is 5.32 Å². The maximum atomic E-state index is 12.2. The first-order valence-electron chi connectivity index (χ1n) is 7.26. The van der Waals surface area contributed by atoms with Crippen molar-refractivity contribution in [3.05, 3.63) is 35.4 Å². The minimum atomic E-state index is -0.152. The lowest BCUT2D eigenvalue weighted by Gasteiger charge is -2.28. The molecule has 1 aliphatic carbocycles. The number of benzene rings is 1. The number of hydrogen-bond donors (Lipinski definition) is 2. The van der Waals surface area contributed by atoms with Crippen molar-refractivity contribution < 1.29 is 9.90 Å². The number of thioether (sulfide) groups is 1. The summed E-state index contributed by atoms with van der Waals surface area (Å²) >= 11 is 1.89. The van der Waals surface area contributed by atoms with Crippen molar-refractivity contribution in [2.24, 2.45) is 0 Å². The minimum absolute atomic E-state index is 0.0107. The van der Waals surface area contributed by atoms with E-state index < -0.39 is 0 Å². The molecule has 1 saturated carbocycles. The van der Waals surface area contributed by atoms with Gasteiger partial charge >= 0.3 is 0 Å². The van der Waals surface area contributed by atoms with Gasteiger partial charge in [0.05, 0.1) is 0 Å². The molecule has 112 valence electrons. The zero-order valence-electron chi connectivity index (χ0n) is 12.3. The Kier molecular flexibility index (Phi) is 6.16. The number of hydrogen-bond acceptors (Lipinski definition) is 3. The molecular weight excluding hydrogens is 282 g/mol. The monoisotopic (exact) mass is 303 g/mol. The van der Waals surface area contributed by atoms with Gasteiger partial charge in [-0.25, -0.2) is 0 Å². The van der Waals surface area contributed by atoms with E-state index in [1.165, 1.54) is 12.8 Å². The first kappa shape index (κ1) is 15.9. The molecule has 0 heterocycles. The second kappa shape index (κ2) is 8.11. The van der Waals surface area contributed by atoms with E-state index in [2.05, 4.69) is 23.4 Å². The van der Waals surface area contributed by atoms with Gasteiger partial charge in [0, 0.05) is 22.4 Å². The Morgan fingerprint density at radius 1 is 1.38 bits per heavy atom. The second-order valence-electron chi connectivity index (χ2n) is 5.23. The Bertz CT molecular complexity index is 530. The van der Waals surface area contributed by atoms with Gasteiger partial charge in [-0.05, 0) is 49.8 Å². The molecule has 1 fully saturated rings. The SMILES string of the molecule is CSC1CCCC(NC(=O)c2ccc(C#CCO)cc2)C1. The van der Waals surface area contributed by atoms with Crippen molar-refractivity contribution >= 4 is 17.7 Å². The first-order chi connectivity index (χ1) is 10.2. The van der Waals surface area contributed by atoms with Gasteiger partial charge in [-0.3, -0.25) is 4.79 Å². The third-order valence-corrected chi connectivity index (χ3v) is 4.85. The lowest BCUT2D eigenvalue weighted by molar-refractivity contribution is 0.0928. The molecule has 0 aromatic heterocycles. The second-order valence-corrected chi connectivity index (χ2v) is 6.37. The summed E-state index contributed by atoms with van der Waals surface area (Å²) in [6.07, 6.45) is 6.72. The molecule has 2 atom stereocenters. The fraction of sp³-hybridized carbons (Fsp3) is 0.471. The quantitative estimate of drug-likeness (QED) is 0.843. The summed E-state index contributed by atoms with van der Waals surface area (Å²) in [7, 11) is 0. The fourth-order valence-corrected chi connectivity index (χ4v) is 3.43. The summed E-state index contributed by atoms with van der Waals surface area (Å²) in [5.41, 5.74) is 1.47. The van der Waals surface area contributed by atoms with Crippen LogP contribution in [0.25, 0.3) is 0 Å². The van der Waals surface area contributed by atoms with Gasteiger partial charge in [-0.1, -0.05) is 18.3 Å². The molecule has 21 heavy (non-hydrogen) atoms. The molecule has 3 nitrogen and oxygen atoms in total. The number of aliphatic hydroxyl groups excluding tert-OH is 1. The van der Waals surface area contributed by atoms with E-state index in [4.69, 9.17) is 5.11 Å². The topological polar surface area (TPSA) is 49.3 Å². The number of rotatable bonds is 3. The molecular formula is C17H21NO2S. The van der Waals surface area contributed by atoms with Gasteiger partial charge in [0.2, 0.25) is 0 Å². The Labute approximate surface area is 130 Å². The highest BCUT2D eigenvalue weighted by molar-refractivity contribution is 7.99. The number of carbonyl (C=O) groups is 1. The molecule has 2 rings (SSSR count). The van der Waals surface area contributed by atoms with Crippen LogP contribution < -0.4 is 5.32 Å². The van der Waals surface area contributed by atoms with Crippen molar-refractivity contribution in [2.45, 2.75) is 37.0 Å². The number of amides is 1. The Hall–Kier alpha value is -1.44. The van der Waals surface area contributed by atoms with Crippen molar-refractivity contribution in [2.75, 3.05) is 12.9 Å². The van der Waals surface area contributed by atoms with E-state index in [-0.39, 0.29) is 18.6 Å². The minimum Gasteiger partial charge on any atom is -0.384 e. The van der Waals surface area contributed by atoms with Crippen LogP contribution in [-0.4, -0.2) is 35.2 Å². The number of carbonyl (C=O) groups excluding carboxylic acids is 1. The summed E-state index contributed by atoms with van der Waals surface area (Å²) in [5, 5.41) is 12.5. The molecule has 4 heteroatoms. The molecule has 0 bridgehead atoms. The summed E-state index contributed by atoms with van der Waals surface area (Å²) in [6, 6.07) is 7.47. The summed E-state index contributed by atoms with van der Waals surface area (Å²) < 4.78 is 0. The maximum absolute atomic E-state index is 12.2. The van der Waals surface area contributed by atoms with Gasteiger partial charge in [0.25, 0.3) is 5.91 Å². The molecule has 1 aromatic carbocycles. The largest absolute Gasteiger partial charge is 0.384 e. The average molecular weight is 303 g/mol. The predicted octanol–water partition coefficient (Wildman–Crippen LogP) is 2.43. The molecule has 1 aromatic rings. The van der Waals surface area contributed by atoms with Crippen LogP contribution in [0.4, 0.5) is 0 Å². The third-order valence-electron chi connectivity index (χ3n) is 3.75. The van der Waals surface area contributed by atoms with E-state index in [0.29, 0.717) is 10.8 Å². The molecule has 1 aliphatic rings. The zero-order valence-corrected chi connectivity index (χ0v) is 13.1. The highest BCUT2D eigenvalue weighted by atomic mass is 32.2. The van der Waals surface area contributed by atoms with E-state index in [1.807, 2.05) is 23.9 Å². The normalized spacial score (nSPS) is 21.2. The Morgan fingerprint density at radius 3 is 2.81 bits per heavy atom. The van der Waals surface area contributed by atoms with Gasteiger partial charge in [0.1, 0.15) is 6.61 Å². The first-order valence-corrected chi connectivity index (χ1v) is 8.55. The van der Waals surface area contributed by atoms with Gasteiger partial charge in [-0.2, -0.15) is 11.8 Å². The van der Waals surface area contributed by atoms with Crippen molar-refractivity contribution in [1.29, 1.82) is 0 Å². The zero-order chi connectivity index (χ0) is 15.1. The molecule has 1 amide bonds. The van der Waals surface area contributed by atoms with Crippen LogP contribution in [-0.2, 0) is 0 Å². The van der Waals surface area contributed by atoms with Crippen LogP contribution in [0.1, 0.15) is 41.6 Å². The van der Waals surface area contributed by atoms with Gasteiger partial charge < -0.3 is 10.4 Å². The Morgan fingerprint density at radius 2 is 2.14 bits per heavy atom. The Balaban J connectivity index is 1.93. The smallest absolute Gasteiger partial charge is 0.251 e. The average Bonchev–Trinajstić information content (AvgIpc) is 2.53. The van der Waals surface area contributed by atoms with Crippen LogP contribution in [0.15, 0.2) is 24.3 Å². The third kappa shape index (κ3) is 4.80. The summed E-state index contributed by atoms with van der Waals surface area (Å²) in [5.74, 6) is 5.40. The lowest BCUT2D eigenvalue weighted by Crippen LogP contribution is -2.39. The number of nitrogens with one attached hydrogen (secondary N) is 1. The van der Waals surface area contributed by atoms with Crippen LogP contribution in [0, 0.1) is 11.8 Å². The van der Waals surface area contributed by atoms with E-state index in [9.17, 15) is 4.79 Å². The maximum Gasteiger partial charge on any atom is 0.251 e. The summed E-state index contributed by atoms with van der Waals surface area (Å²) in [6.45, 7) is -0.152. The van der Waals surface area contributed by atoms with Gasteiger partial charge in [0.15, 0.2) is 0 Å². The van der Waals surface area contributed by atoms with Crippen LogP contribution >= 0.6 is 11.8 Å². The highest BCUT2D eigenvalue weighted by Crippen LogP contribution is 2.27. The van der Waals surface area contributed by atoms with Crippen LogP contribution in [0.3, 0.4) is 0 Å². The molecule has 0 aliphatic heterocycles. The number of aliphatic hydroxyl groups is 1. The standard InChI is InChI=1S/C17H21NO2S/c1-21-16-6-2-5-15(12-16)18-17(20)14-9-7-13(8-10-14)4-3-11-19/h7-10,15-16,19H,2,5-6,11-12H2,1H3,(H,18,20). The summed E-state index contributed by atoms with van der Waals surface area (Å²) in [4.78, 5) is 12.2.